The molecule has 0 spiro atoms. The van der Waals surface area contributed by atoms with Gasteiger partial charge in [-0.3, -0.25) is 0 Å². The largest absolute Gasteiger partial charge is 0.487 e. The monoisotopic (exact) mass is 365 g/mol. The van der Waals surface area contributed by atoms with E-state index in [2.05, 4.69) is 15.1 Å². The van der Waals surface area contributed by atoms with Crippen LogP contribution in [0.2, 0.25) is 5.02 Å². The molecule has 0 unspecified atom stereocenters. The number of nitrogen functional groups attached to an aromatic ring is 1. The summed E-state index contributed by atoms with van der Waals surface area (Å²) in [6.07, 6.45) is 1.43. The van der Waals surface area contributed by atoms with Crippen LogP contribution in [0.15, 0.2) is 54.9 Å². The average molecular weight is 366 g/mol. The Bertz CT molecular complexity index is 1080. The van der Waals surface area contributed by atoms with Crippen LogP contribution in [0.1, 0.15) is 5.56 Å². The summed E-state index contributed by atoms with van der Waals surface area (Å²) in [5.41, 5.74) is 9.30. The Kier molecular flexibility index (Phi) is 4.18. The Labute approximate surface area is 155 Å². The van der Waals surface area contributed by atoms with E-state index < -0.39 is 0 Å². The predicted molar refractivity (Wildman–Crippen MR) is 102 cm³/mol. The average Bonchev–Trinajstić information content (AvgIpc) is 3.00. The van der Waals surface area contributed by atoms with Crippen molar-refractivity contribution in [2.24, 2.45) is 7.05 Å². The molecule has 2 aromatic carbocycles. The fraction of sp³-hybridized carbons (Fsp3) is 0.105. The molecule has 0 aliphatic carbocycles. The molecule has 0 fully saturated rings. The zero-order chi connectivity index (χ0) is 18.1. The number of hydrogen-bond acceptors (Lipinski definition) is 5. The third-order valence-corrected chi connectivity index (χ3v) is 4.39. The number of hydrogen-bond donors (Lipinski definition) is 1. The molecule has 0 atom stereocenters. The van der Waals surface area contributed by atoms with Gasteiger partial charge in [0.15, 0.2) is 5.65 Å². The molecule has 0 saturated carbocycles. The highest BCUT2D eigenvalue weighted by molar-refractivity contribution is 6.32. The van der Waals surface area contributed by atoms with Gasteiger partial charge in [-0.2, -0.15) is 5.10 Å². The van der Waals surface area contributed by atoms with E-state index >= 15 is 0 Å². The lowest BCUT2D eigenvalue weighted by atomic mass is 10.1. The van der Waals surface area contributed by atoms with Crippen molar-refractivity contribution in [3.8, 4) is 17.0 Å². The molecule has 2 N–H and O–H groups in total. The summed E-state index contributed by atoms with van der Waals surface area (Å²) >= 11 is 6.42. The zero-order valence-corrected chi connectivity index (χ0v) is 14.8. The number of aromatic nitrogens is 4. The number of rotatable bonds is 4. The summed E-state index contributed by atoms with van der Waals surface area (Å²) < 4.78 is 7.50. The zero-order valence-electron chi connectivity index (χ0n) is 14.1. The predicted octanol–water partition coefficient (Wildman–Crippen LogP) is 3.84. The van der Waals surface area contributed by atoms with Gasteiger partial charge in [-0.25, -0.2) is 14.6 Å². The third-order valence-electron chi connectivity index (χ3n) is 4.09. The maximum Gasteiger partial charge on any atom is 0.163 e. The van der Waals surface area contributed by atoms with Crippen LogP contribution in [0.3, 0.4) is 0 Å². The number of fused-ring (bicyclic) bond motifs is 1. The van der Waals surface area contributed by atoms with Crippen molar-refractivity contribution in [2.45, 2.75) is 6.61 Å². The number of halogens is 1. The van der Waals surface area contributed by atoms with Crippen molar-refractivity contribution in [3.05, 3.63) is 65.4 Å². The molecular formula is C19H16ClN5O. The summed E-state index contributed by atoms with van der Waals surface area (Å²) in [4.78, 5) is 8.31. The van der Waals surface area contributed by atoms with Gasteiger partial charge in [0.05, 0.1) is 10.4 Å². The molecular weight excluding hydrogens is 350 g/mol. The van der Waals surface area contributed by atoms with E-state index in [1.807, 2.05) is 55.6 Å². The van der Waals surface area contributed by atoms with Crippen LogP contribution in [-0.2, 0) is 13.7 Å². The molecule has 0 aliphatic heterocycles. The molecule has 0 amide bonds. The third kappa shape index (κ3) is 2.95. The molecule has 7 heteroatoms. The maximum atomic E-state index is 6.42. The standard InChI is InChI=1S/C19H16ClN5O/c1-25-19-16(18(21)22-11-23-19)17(24-25)13-7-8-15(14(20)9-13)26-10-12-5-3-2-4-6-12/h2-9,11H,10H2,1H3,(H2,21,22,23). The van der Waals surface area contributed by atoms with E-state index in [0.29, 0.717) is 39.9 Å². The fourth-order valence-electron chi connectivity index (χ4n) is 2.81. The molecule has 0 radical (unpaired) electrons. The second kappa shape index (κ2) is 6.65. The number of nitrogens with zero attached hydrogens (tertiary/aromatic N) is 4. The molecule has 4 aromatic rings. The van der Waals surface area contributed by atoms with Crippen LogP contribution in [-0.4, -0.2) is 19.7 Å². The minimum Gasteiger partial charge on any atom is -0.487 e. The fourth-order valence-corrected chi connectivity index (χ4v) is 3.05. The highest BCUT2D eigenvalue weighted by atomic mass is 35.5. The lowest BCUT2D eigenvalue weighted by Crippen LogP contribution is -1.96. The number of benzene rings is 2. The van der Waals surface area contributed by atoms with E-state index in [0.717, 1.165) is 11.1 Å². The Morgan fingerprint density at radius 2 is 1.92 bits per heavy atom. The van der Waals surface area contributed by atoms with E-state index in [1.54, 1.807) is 4.68 Å². The van der Waals surface area contributed by atoms with Gasteiger partial charge in [-0.05, 0) is 23.8 Å². The molecule has 26 heavy (non-hydrogen) atoms. The van der Waals surface area contributed by atoms with Crippen LogP contribution in [0.4, 0.5) is 5.82 Å². The highest BCUT2D eigenvalue weighted by Crippen LogP contribution is 2.34. The first-order valence-electron chi connectivity index (χ1n) is 8.03. The Morgan fingerprint density at radius 1 is 1.12 bits per heavy atom. The first-order chi connectivity index (χ1) is 12.6. The lowest BCUT2D eigenvalue weighted by Gasteiger charge is -2.09. The summed E-state index contributed by atoms with van der Waals surface area (Å²) in [7, 11) is 1.82. The quantitative estimate of drug-likeness (QED) is 0.594. The van der Waals surface area contributed by atoms with Gasteiger partial charge in [0.1, 0.15) is 30.2 Å². The van der Waals surface area contributed by atoms with Crippen molar-refractivity contribution >= 4 is 28.5 Å². The van der Waals surface area contributed by atoms with Crippen LogP contribution >= 0.6 is 11.6 Å². The summed E-state index contributed by atoms with van der Waals surface area (Å²) in [6.45, 7) is 0.452. The smallest absolute Gasteiger partial charge is 0.163 e. The first kappa shape index (κ1) is 16.4. The molecule has 4 rings (SSSR count). The summed E-state index contributed by atoms with van der Waals surface area (Å²) in [5.74, 6) is 1.00. The van der Waals surface area contributed by atoms with Gasteiger partial charge in [0.25, 0.3) is 0 Å². The van der Waals surface area contributed by atoms with Crippen LogP contribution in [0.5, 0.6) is 5.75 Å². The molecule has 2 aromatic heterocycles. The minimum absolute atomic E-state index is 0.388. The minimum atomic E-state index is 0.388. The Hall–Kier alpha value is -3.12. The SMILES string of the molecule is Cn1nc(-c2ccc(OCc3ccccc3)c(Cl)c2)c2c(N)ncnc21. The molecule has 0 aliphatic rings. The second-order valence-electron chi connectivity index (χ2n) is 5.85. The molecule has 0 bridgehead atoms. The lowest BCUT2D eigenvalue weighted by molar-refractivity contribution is 0.306. The summed E-state index contributed by atoms with van der Waals surface area (Å²) in [6, 6.07) is 15.5. The van der Waals surface area contributed by atoms with Crippen molar-refractivity contribution in [1.29, 1.82) is 0 Å². The van der Waals surface area contributed by atoms with Crippen molar-refractivity contribution in [3.63, 3.8) is 0 Å². The van der Waals surface area contributed by atoms with Crippen LogP contribution in [0, 0.1) is 0 Å². The Balaban J connectivity index is 1.66. The van der Waals surface area contributed by atoms with Gasteiger partial charge in [-0.1, -0.05) is 41.9 Å². The van der Waals surface area contributed by atoms with Gasteiger partial charge in [0.2, 0.25) is 0 Å². The van der Waals surface area contributed by atoms with Crippen molar-refractivity contribution in [1.82, 2.24) is 19.7 Å². The molecule has 130 valence electrons. The van der Waals surface area contributed by atoms with E-state index in [1.165, 1.54) is 6.33 Å². The number of nitrogens with two attached hydrogens (primary N) is 1. The van der Waals surface area contributed by atoms with Crippen LogP contribution in [0.25, 0.3) is 22.3 Å². The topological polar surface area (TPSA) is 78.9 Å². The van der Waals surface area contributed by atoms with Gasteiger partial charge in [0, 0.05) is 12.6 Å². The van der Waals surface area contributed by atoms with Crippen molar-refractivity contribution < 1.29 is 4.74 Å². The van der Waals surface area contributed by atoms with Gasteiger partial charge >= 0.3 is 0 Å². The number of aryl methyl sites for hydroxylation is 1. The summed E-state index contributed by atoms with van der Waals surface area (Å²) in [5, 5.41) is 5.74. The maximum absolute atomic E-state index is 6.42. The number of ether oxygens (including phenoxy) is 1. The second-order valence-corrected chi connectivity index (χ2v) is 6.26. The van der Waals surface area contributed by atoms with Gasteiger partial charge in [-0.15, -0.1) is 0 Å². The highest BCUT2D eigenvalue weighted by Gasteiger charge is 2.16. The first-order valence-corrected chi connectivity index (χ1v) is 8.41. The molecule has 0 saturated heterocycles. The Morgan fingerprint density at radius 3 is 2.69 bits per heavy atom. The van der Waals surface area contributed by atoms with E-state index in [4.69, 9.17) is 22.1 Å². The normalized spacial score (nSPS) is 11.0. The van der Waals surface area contributed by atoms with E-state index in [-0.39, 0.29) is 0 Å². The molecule has 2 heterocycles. The number of anilines is 1. The molecule has 6 nitrogen and oxygen atoms in total. The van der Waals surface area contributed by atoms with Gasteiger partial charge < -0.3 is 10.5 Å². The van der Waals surface area contributed by atoms with Crippen LogP contribution < -0.4 is 10.5 Å². The van der Waals surface area contributed by atoms with E-state index in [9.17, 15) is 0 Å². The van der Waals surface area contributed by atoms with Crippen molar-refractivity contribution in [2.75, 3.05) is 5.73 Å².